The van der Waals surface area contributed by atoms with Crippen molar-refractivity contribution in [2.45, 2.75) is 6.42 Å². The number of rotatable bonds is 8. The van der Waals surface area contributed by atoms with Crippen LogP contribution in [0, 0.1) is 0 Å². The Bertz CT molecular complexity index is 418. The van der Waals surface area contributed by atoms with E-state index in [9.17, 15) is 9.59 Å². The van der Waals surface area contributed by atoms with Gasteiger partial charge in [0.25, 0.3) is 5.91 Å². The monoisotopic (exact) mass is 265 g/mol. The van der Waals surface area contributed by atoms with Crippen LogP contribution in [0.5, 0.6) is 5.75 Å². The van der Waals surface area contributed by atoms with Gasteiger partial charge in [0, 0.05) is 12.1 Å². The Morgan fingerprint density at radius 1 is 1.21 bits per heavy atom. The smallest absolute Gasteiger partial charge is 0.257 e. The fraction of sp³-hybridized carbons (Fsp3) is 0.385. The largest absolute Gasteiger partial charge is 0.484 e. The molecule has 1 aromatic carbocycles. The van der Waals surface area contributed by atoms with Crippen molar-refractivity contribution in [3.05, 3.63) is 29.8 Å². The van der Waals surface area contributed by atoms with Crippen molar-refractivity contribution in [3.63, 3.8) is 0 Å². The van der Waals surface area contributed by atoms with Crippen molar-refractivity contribution in [2.24, 2.45) is 5.73 Å². The average molecular weight is 265 g/mol. The molecule has 0 aromatic heterocycles. The van der Waals surface area contributed by atoms with E-state index in [1.165, 1.54) is 0 Å². The highest BCUT2D eigenvalue weighted by Gasteiger charge is 2.03. The van der Waals surface area contributed by atoms with Gasteiger partial charge in [-0.2, -0.15) is 0 Å². The number of amides is 2. The molecular weight excluding hydrogens is 246 g/mol. The van der Waals surface area contributed by atoms with Gasteiger partial charge < -0.3 is 21.1 Å². The fourth-order valence-corrected chi connectivity index (χ4v) is 1.41. The molecule has 6 heteroatoms. The number of benzene rings is 1. The van der Waals surface area contributed by atoms with Gasteiger partial charge in [-0.15, -0.1) is 0 Å². The van der Waals surface area contributed by atoms with E-state index >= 15 is 0 Å². The first-order valence-corrected chi connectivity index (χ1v) is 6.07. The number of ether oxygens (including phenoxy) is 1. The molecule has 0 saturated carbocycles. The molecule has 0 aliphatic heterocycles. The van der Waals surface area contributed by atoms with Crippen LogP contribution in [-0.2, 0) is 4.79 Å². The summed E-state index contributed by atoms with van der Waals surface area (Å²) in [6.07, 6.45) is 0.871. The number of carbonyl (C=O) groups excluding carboxylic acids is 2. The second-order valence-corrected chi connectivity index (χ2v) is 3.98. The lowest BCUT2D eigenvalue weighted by molar-refractivity contribution is -0.123. The molecule has 0 bridgehead atoms. The molecule has 0 unspecified atom stereocenters. The molecule has 0 fully saturated rings. The second-order valence-electron chi connectivity index (χ2n) is 3.98. The van der Waals surface area contributed by atoms with E-state index in [1.54, 1.807) is 24.3 Å². The van der Waals surface area contributed by atoms with Gasteiger partial charge in [-0.05, 0) is 44.3 Å². The summed E-state index contributed by atoms with van der Waals surface area (Å²) in [4.78, 5) is 22.3. The lowest BCUT2D eigenvalue weighted by atomic mass is 10.2. The van der Waals surface area contributed by atoms with Crippen LogP contribution in [0.15, 0.2) is 24.3 Å². The van der Waals surface area contributed by atoms with Crippen LogP contribution in [0.25, 0.3) is 0 Å². The van der Waals surface area contributed by atoms with Crippen molar-refractivity contribution in [3.8, 4) is 5.75 Å². The molecule has 2 amide bonds. The van der Waals surface area contributed by atoms with Crippen LogP contribution < -0.4 is 21.1 Å². The van der Waals surface area contributed by atoms with E-state index in [2.05, 4.69) is 10.6 Å². The van der Waals surface area contributed by atoms with Crippen LogP contribution in [0.2, 0.25) is 0 Å². The Morgan fingerprint density at radius 3 is 2.47 bits per heavy atom. The predicted octanol–water partition coefficient (Wildman–Crippen LogP) is -0.110. The molecule has 0 aliphatic rings. The Balaban J connectivity index is 2.28. The fourth-order valence-electron chi connectivity index (χ4n) is 1.41. The summed E-state index contributed by atoms with van der Waals surface area (Å²) < 4.78 is 5.28. The Morgan fingerprint density at radius 2 is 1.89 bits per heavy atom. The van der Waals surface area contributed by atoms with Gasteiger partial charge in [0.2, 0.25) is 5.91 Å². The molecule has 0 saturated heterocycles. The molecule has 1 rings (SSSR count). The molecule has 0 heterocycles. The predicted molar refractivity (Wildman–Crippen MR) is 72.0 cm³/mol. The Labute approximate surface area is 112 Å². The number of hydrogen-bond donors (Lipinski definition) is 3. The highest BCUT2D eigenvalue weighted by molar-refractivity contribution is 5.92. The number of nitrogens with two attached hydrogens (primary N) is 1. The molecule has 0 radical (unpaired) electrons. The first-order valence-electron chi connectivity index (χ1n) is 6.07. The summed E-state index contributed by atoms with van der Waals surface area (Å²) in [7, 11) is 1.86. The Kier molecular flexibility index (Phi) is 6.38. The van der Waals surface area contributed by atoms with E-state index in [1.807, 2.05) is 7.05 Å². The quantitative estimate of drug-likeness (QED) is 0.572. The van der Waals surface area contributed by atoms with Gasteiger partial charge >= 0.3 is 0 Å². The van der Waals surface area contributed by atoms with Crippen LogP contribution in [-0.4, -0.2) is 38.6 Å². The van der Waals surface area contributed by atoms with Gasteiger partial charge in [0.15, 0.2) is 6.61 Å². The summed E-state index contributed by atoms with van der Waals surface area (Å²) in [5.74, 6) is -0.140. The van der Waals surface area contributed by atoms with Crippen LogP contribution in [0.3, 0.4) is 0 Å². The third-order valence-electron chi connectivity index (χ3n) is 2.43. The maximum atomic E-state index is 11.4. The van der Waals surface area contributed by atoms with E-state index in [-0.39, 0.29) is 12.5 Å². The summed E-state index contributed by atoms with van der Waals surface area (Å²) in [5.41, 5.74) is 5.52. The third-order valence-corrected chi connectivity index (χ3v) is 2.43. The molecular formula is C13H19N3O3. The van der Waals surface area contributed by atoms with Gasteiger partial charge in [0.1, 0.15) is 5.75 Å². The first kappa shape index (κ1) is 15.0. The van der Waals surface area contributed by atoms with E-state index in [0.717, 1.165) is 13.0 Å². The zero-order chi connectivity index (χ0) is 14.1. The summed E-state index contributed by atoms with van der Waals surface area (Å²) >= 11 is 0. The highest BCUT2D eigenvalue weighted by Crippen LogP contribution is 2.11. The summed E-state index contributed by atoms with van der Waals surface area (Å²) in [5, 5.41) is 5.73. The lowest BCUT2D eigenvalue weighted by Crippen LogP contribution is -2.30. The molecule has 1 aromatic rings. The van der Waals surface area contributed by atoms with Crippen molar-refractivity contribution >= 4 is 11.8 Å². The molecule has 0 aliphatic carbocycles. The van der Waals surface area contributed by atoms with Crippen LogP contribution in [0.1, 0.15) is 16.8 Å². The normalized spacial score (nSPS) is 9.95. The third kappa shape index (κ3) is 5.87. The summed E-state index contributed by atoms with van der Waals surface area (Å²) in [6.45, 7) is 1.43. The molecule has 0 spiro atoms. The molecule has 6 nitrogen and oxygen atoms in total. The van der Waals surface area contributed by atoms with Crippen molar-refractivity contribution < 1.29 is 14.3 Å². The van der Waals surface area contributed by atoms with Crippen molar-refractivity contribution in [2.75, 3.05) is 26.7 Å². The van der Waals surface area contributed by atoms with E-state index in [4.69, 9.17) is 10.5 Å². The van der Waals surface area contributed by atoms with Gasteiger partial charge in [-0.25, -0.2) is 0 Å². The van der Waals surface area contributed by atoms with Crippen molar-refractivity contribution in [1.82, 2.24) is 10.6 Å². The number of carbonyl (C=O) groups is 2. The van der Waals surface area contributed by atoms with Gasteiger partial charge in [0.05, 0.1) is 0 Å². The maximum absolute atomic E-state index is 11.4. The standard InChI is InChI=1S/C13H19N3O3/c1-15-7-2-8-16-12(17)9-19-11-5-3-10(4-6-11)13(14)18/h3-6,15H,2,7-9H2,1H3,(H2,14,18)(H,16,17). The van der Waals surface area contributed by atoms with E-state index in [0.29, 0.717) is 17.9 Å². The van der Waals surface area contributed by atoms with Crippen LogP contribution >= 0.6 is 0 Å². The van der Waals surface area contributed by atoms with Gasteiger partial charge in [-0.3, -0.25) is 9.59 Å². The van der Waals surface area contributed by atoms with E-state index < -0.39 is 5.91 Å². The lowest BCUT2D eigenvalue weighted by Gasteiger charge is -2.07. The average Bonchev–Trinajstić information content (AvgIpc) is 2.42. The molecule has 0 atom stereocenters. The second kappa shape index (κ2) is 8.10. The number of nitrogens with one attached hydrogen (secondary N) is 2. The minimum absolute atomic E-state index is 0.0462. The highest BCUT2D eigenvalue weighted by atomic mass is 16.5. The molecule has 104 valence electrons. The first-order chi connectivity index (χ1) is 9.13. The van der Waals surface area contributed by atoms with Gasteiger partial charge in [-0.1, -0.05) is 0 Å². The minimum Gasteiger partial charge on any atom is -0.484 e. The number of hydrogen-bond acceptors (Lipinski definition) is 4. The van der Waals surface area contributed by atoms with Crippen LogP contribution in [0.4, 0.5) is 0 Å². The SMILES string of the molecule is CNCCCNC(=O)COc1ccc(C(N)=O)cc1. The Hall–Kier alpha value is -2.08. The minimum atomic E-state index is -0.492. The number of primary amides is 1. The van der Waals surface area contributed by atoms with Crippen molar-refractivity contribution in [1.29, 1.82) is 0 Å². The topological polar surface area (TPSA) is 93.4 Å². The maximum Gasteiger partial charge on any atom is 0.257 e. The molecule has 19 heavy (non-hydrogen) atoms. The summed E-state index contributed by atoms with van der Waals surface area (Å²) in [6, 6.07) is 6.33. The zero-order valence-corrected chi connectivity index (χ0v) is 10.9. The molecule has 4 N–H and O–H groups in total. The zero-order valence-electron chi connectivity index (χ0n) is 10.9.